The third kappa shape index (κ3) is 3.09. The van der Waals surface area contributed by atoms with E-state index in [1.807, 2.05) is 0 Å². The largest absolute Gasteiger partial charge is 1.00 e. The van der Waals surface area contributed by atoms with Gasteiger partial charge in [-0.3, -0.25) is 0 Å². The van der Waals surface area contributed by atoms with Crippen molar-refractivity contribution in [2.75, 3.05) is 0 Å². The second-order valence-corrected chi connectivity index (χ2v) is 2.73. The van der Waals surface area contributed by atoms with Gasteiger partial charge in [-0.1, -0.05) is 19.4 Å². The monoisotopic (exact) mass is 180 g/mol. The molecule has 66 valence electrons. The summed E-state index contributed by atoms with van der Waals surface area (Å²) in [6, 6.07) is 5.06. The van der Waals surface area contributed by atoms with Crippen LogP contribution in [0.4, 0.5) is 13.2 Å². The van der Waals surface area contributed by atoms with Crippen LogP contribution in [0.15, 0.2) is 12.1 Å². The average Bonchev–Trinajstić information content (AvgIpc) is 1.83. The minimum atomic E-state index is -4.28. The van der Waals surface area contributed by atoms with Gasteiger partial charge in [-0.15, -0.1) is 5.56 Å². The van der Waals surface area contributed by atoms with E-state index in [1.165, 1.54) is 19.1 Å². The molecule has 4 heteroatoms. The Bertz CT molecular complexity index is 291. The Morgan fingerprint density at radius 2 is 1.77 bits per heavy atom. The molecule has 1 aromatic rings. The van der Waals surface area contributed by atoms with Crippen molar-refractivity contribution in [3.8, 4) is 0 Å². The number of hydrogen-bond donors (Lipinski definition) is 0. The first kappa shape index (κ1) is 12.6. The smallest absolute Gasteiger partial charge is 0.173 e. The molecule has 13 heavy (non-hydrogen) atoms. The molecule has 0 bridgehead atoms. The van der Waals surface area contributed by atoms with Crippen molar-refractivity contribution in [2.24, 2.45) is 0 Å². The maximum Gasteiger partial charge on any atom is 1.00 e. The minimum Gasteiger partial charge on any atom is -0.173 e. The van der Waals surface area contributed by atoms with Crippen LogP contribution in [-0.2, 0) is 6.18 Å². The van der Waals surface area contributed by atoms with Gasteiger partial charge in [-0.05, 0) is 0 Å². The quantitative estimate of drug-likeness (QED) is 0.393. The van der Waals surface area contributed by atoms with Crippen LogP contribution in [0.25, 0.3) is 0 Å². The number of aryl methyl sites for hydroxylation is 2. The Labute approximate surface area is 87.3 Å². The molecule has 1 aromatic carbocycles. The van der Waals surface area contributed by atoms with Gasteiger partial charge in [0.25, 0.3) is 0 Å². The van der Waals surface area contributed by atoms with E-state index >= 15 is 0 Å². The topological polar surface area (TPSA) is 0 Å². The van der Waals surface area contributed by atoms with E-state index in [2.05, 4.69) is 6.07 Å². The van der Waals surface area contributed by atoms with E-state index in [1.54, 1.807) is 6.92 Å². The summed E-state index contributed by atoms with van der Waals surface area (Å²) in [5.74, 6) is 0. The summed E-state index contributed by atoms with van der Waals surface area (Å²) in [4.78, 5) is 0. The average molecular weight is 180 g/mol. The maximum atomic E-state index is 12.1. The SMILES string of the molecule is Cc1c[c-]c(C(F)(F)F)c(C)c1.[Li+]. The van der Waals surface area contributed by atoms with Crippen molar-refractivity contribution in [1.82, 2.24) is 0 Å². The summed E-state index contributed by atoms with van der Waals surface area (Å²) in [6.45, 7) is 3.18. The summed E-state index contributed by atoms with van der Waals surface area (Å²) in [6.07, 6.45) is -4.28. The van der Waals surface area contributed by atoms with Crippen LogP contribution in [-0.4, -0.2) is 0 Å². The fourth-order valence-corrected chi connectivity index (χ4v) is 1.06. The Morgan fingerprint density at radius 3 is 2.15 bits per heavy atom. The number of rotatable bonds is 0. The van der Waals surface area contributed by atoms with Gasteiger partial charge in [0.2, 0.25) is 0 Å². The van der Waals surface area contributed by atoms with Crippen molar-refractivity contribution in [3.05, 3.63) is 34.9 Å². The summed E-state index contributed by atoms with van der Waals surface area (Å²) >= 11 is 0. The van der Waals surface area contributed by atoms with E-state index in [4.69, 9.17) is 0 Å². The summed E-state index contributed by atoms with van der Waals surface area (Å²) < 4.78 is 36.4. The molecule has 0 aliphatic carbocycles. The second-order valence-electron chi connectivity index (χ2n) is 2.73. The van der Waals surface area contributed by atoms with Gasteiger partial charge < -0.3 is 0 Å². The van der Waals surface area contributed by atoms with E-state index in [-0.39, 0.29) is 24.4 Å². The van der Waals surface area contributed by atoms with Crippen molar-refractivity contribution in [1.29, 1.82) is 0 Å². The van der Waals surface area contributed by atoms with Crippen molar-refractivity contribution in [2.45, 2.75) is 20.0 Å². The molecule has 0 spiro atoms. The zero-order chi connectivity index (χ0) is 9.35. The van der Waals surface area contributed by atoms with E-state index in [0.717, 1.165) is 5.56 Å². The molecule has 0 heterocycles. The standard InChI is InChI=1S/C9H8F3.Li/c1-6-3-4-8(7(2)5-6)9(10,11)12;/h3,5H,1-2H3;/q-1;+1. The van der Waals surface area contributed by atoms with Crippen LogP contribution in [0.1, 0.15) is 16.7 Å². The van der Waals surface area contributed by atoms with Crippen LogP contribution in [0.3, 0.4) is 0 Å². The first-order valence-corrected chi connectivity index (χ1v) is 3.47. The van der Waals surface area contributed by atoms with E-state index in [0.29, 0.717) is 0 Å². The molecule has 1 rings (SSSR count). The van der Waals surface area contributed by atoms with E-state index < -0.39 is 11.7 Å². The van der Waals surface area contributed by atoms with Crippen LogP contribution < -0.4 is 18.9 Å². The molecular weight excluding hydrogens is 172 g/mol. The van der Waals surface area contributed by atoms with Gasteiger partial charge in [-0.2, -0.15) is 36.9 Å². The molecule has 0 fully saturated rings. The zero-order valence-corrected chi connectivity index (χ0v) is 7.79. The van der Waals surface area contributed by atoms with E-state index in [9.17, 15) is 13.2 Å². The predicted molar refractivity (Wildman–Crippen MR) is 39.8 cm³/mol. The number of halogens is 3. The Morgan fingerprint density at radius 1 is 1.23 bits per heavy atom. The molecule has 0 aliphatic rings. The third-order valence-electron chi connectivity index (χ3n) is 1.57. The first-order chi connectivity index (χ1) is 5.41. The first-order valence-electron chi connectivity index (χ1n) is 3.47. The summed E-state index contributed by atoms with van der Waals surface area (Å²) in [7, 11) is 0. The molecule has 0 N–H and O–H groups in total. The van der Waals surface area contributed by atoms with Gasteiger partial charge in [0.15, 0.2) is 0 Å². The number of alkyl halides is 3. The second kappa shape index (κ2) is 4.21. The van der Waals surface area contributed by atoms with Crippen molar-refractivity contribution < 1.29 is 32.0 Å². The van der Waals surface area contributed by atoms with Crippen LogP contribution >= 0.6 is 0 Å². The Kier molecular flexibility index (Phi) is 4.09. The molecule has 0 atom stereocenters. The molecule has 0 unspecified atom stereocenters. The molecule has 0 nitrogen and oxygen atoms in total. The van der Waals surface area contributed by atoms with Crippen molar-refractivity contribution in [3.63, 3.8) is 0 Å². The fourth-order valence-electron chi connectivity index (χ4n) is 1.06. The number of benzene rings is 1. The van der Waals surface area contributed by atoms with Gasteiger partial charge in [0.1, 0.15) is 0 Å². The predicted octanol–water partition coefficient (Wildman–Crippen LogP) is 0.126. The zero-order valence-electron chi connectivity index (χ0n) is 7.79. The minimum absolute atomic E-state index is 0. The molecular formula is C9H8F3Li. The Hall–Kier alpha value is -0.393. The summed E-state index contributed by atoms with van der Waals surface area (Å²) in [5.41, 5.74) is 0.344. The van der Waals surface area contributed by atoms with Crippen LogP contribution in [0, 0.1) is 19.9 Å². The summed E-state index contributed by atoms with van der Waals surface area (Å²) in [5, 5.41) is 0. The van der Waals surface area contributed by atoms with Gasteiger partial charge in [-0.25, -0.2) is 0 Å². The molecule has 0 aromatic heterocycles. The van der Waals surface area contributed by atoms with Gasteiger partial charge in [0, 0.05) is 0 Å². The molecule has 0 saturated carbocycles. The van der Waals surface area contributed by atoms with Crippen molar-refractivity contribution >= 4 is 0 Å². The molecule has 0 saturated heterocycles. The van der Waals surface area contributed by atoms with Gasteiger partial charge >= 0.3 is 25.0 Å². The normalized spacial score (nSPS) is 10.8. The molecule has 0 aliphatic heterocycles. The fraction of sp³-hybridized carbons (Fsp3) is 0.333. The van der Waals surface area contributed by atoms with Gasteiger partial charge in [0.05, 0.1) is 0 Å². The number of hydrogen-bond acceptors (Lipinski definition) is 0. The third-order valence-corrected chi connectivity index (χ3v) is 1.57. The maximum absolute atomic E-state index is 12.1. The van der Waals surface area contributed by atoms with Crippen LogP contribution in [0.2, 0.25) is 0 Å². The van der Waals surface area contributed by atoms with Crippen LogP contribution in [0.5, 0.6) is 0 Å². The molecule has 0 amide bonds. The Balaban J connectivity index is 0.00000144. The molecule has 0 radical (unpaired) electrons.